The van der Waals surface area contributed by atoms with E-state index in [9.17, 15) is 13.2 Å². The normalized spacial score (nSPS) is 21.7. The lowest BCUT2D eigenvalue weighted by Crippen LogP contribution is -2.47. The molecule has 2 aliphatic heterocycles. The SMILES string of the molecule is COc1ccc(S(=O)(=O)N2CCC[C@H](C(=O)N3CCCCC3)C2)cc1OC. The fourth-order valence-electron chi connectivity index (χ4n) is 3.86. The van der Waals surface area contributed by atoms with Gasteiger partial charge in [0.15, 0.2) is 11.5 Å². The highest BCUT2D eigenvalue weighted by Crippen LogP contribution is 2.32. The summed E-state index contributed by atoms with van der Waals surface area (Å²) in [6, 6.07) is 4.59. The maximum absolute atomic E-state index is 13.1. The number of hydrogen-bond acceptors (Lipinski definition) is 5. The van der Waals surface area contributed by atoms with Gasteiger partial charge in [0.2, 0.25) is 15.9 Å². The van der Waals surface area contributed by atoms with Crippen molar-refractivity contribution in [2.45, 2.75) is 37.0 Å². The van der Waals surface area contributed by atoms with Crippen LogP contribution in [-0.2, 0) is 14.8 Å². The van der Waals surface area contributed by atoms with Crippen molar-refractivity contribution in [3.05, 3.63) is 18.2 Å². The molecule has 2 fully saturated rings. The van der Waals surface area contributed by atoms with Crippen LogP contribution in [0.1, 0.15) is 32.1 Å². The molecule has 0 spiro atoms. The number of likely N-dealkylation sites (tertiary alicyclic amines) is 1. The van der Waals surface area contributed by atoms with E-state index in [1.807, 2.05) is 4.90 Å². The number of carbonyl (C=O) groups is 1. The Morgan fingerprint density at radius 2 is 1.70 bits per heavy atom. The summed E-state index contributed by atoms with van der Waals surface area (Å²) in [7, 11) is -0.708. The van der Waals surface area contributed by atoms with Crippen LogP contribution in [0.15, 0.2) is 23.1 Å². The number of carbonyl (C=O) groups excluding carboxylic acids is 1. The molecular formula is C19H28N2O5S. The first kappa shape index (κ1) is 19.9. The van der Waals surface area contributed by atoms with Crippen LogP contribution in [-0.4, -0.2) is 63.9 Å². The van der Waals surface area contributed by atoms with Crippen molar-refractivity contribution in [3.63, 3.8) is 0 Å². The van der Waals surface area contributed by atoms with Crippen LogP contribution < -0.4 is 9.47 Å². The van der Waals surface area contributed by atoms with Crippen molar-refractivity contribution in [2.24, 2.45) is 5.92 Å². The number of piperidine rings is 2. The zero-order valence-electron chi connectivity index (χ0n) is 16.0. The average molecular weight is 397 g/mol. The molecule has 1 amide bonds. The maximum Gasteiger partial charge on any atom is 0.243 e. The number of sulfonamides is 1. The molecular weight excluding hydrogens is 368 g/mol. The number of benzene rings is 1. The fourth-order valence-corrected chi connectivity index (χ4v) is 5.40. The summed E-state index contributed by atoms with van der Waals surface area (Å²) < 4.78 is 38.1. The first-order valence-corrected chi connectivity index (χ1v) is 10.9. The minimum Gasteiger partial charge on any atom is -0.493 e. The van der Waals surface area contributed by atoms with E-state index in [4.69, 9.17) is 9.47 Å². The second-order valence-electron chi connectivity index (χ2n) is 7.10. The van der Waals surface area contributed by atoms with Gasteiger partial charge in [-0.2, -0.15) is 4.31 Å². The molecule has 3 rings (SSSR count). The first-order valence-electron chi connectivity index (χ1n) is 9.48. The lowest BCUT2D eigenvalue weighted by atomic mass is 9.97. The van der Waals surface area contributed by atoms with Gasteiger partial charge in [-0.3, -0.25) is 4.79 Å². The van der Waals surface area contributed by atoms with Gasteiger partial charge in [-0.1, -0.05) is 0 Å². The molecule has 0 unspecified atom stereocenters. The number of ether oxygens (including phenoxy) is 2. The van der Waals surface area contributed by atoms with E-state index in [0.29, 0.717) is 24.5 Å². The molecule has 2 saturated heterocycles. The van der Waals surface area contributed by atoms with Crippen molar-refractivity contribution in [1.29, 1.82) is 0 Å². The third kappa shape index (κ3) is 4.21. The van der Waals surface area contributed by atoms with Gasteiger partial charge >= 0.3 is 0 Å². The lowest BCUT2D eigenvalue weighted by Gasteiger charge is -2.35. The molecule has 1 aromatic carbocycles. The summed E-state index contributed by atoms with van der Waals surface area (Å²) in [5.74, 6) is 0.693. The third-order valence-electron chi connectivity index (χ3n) is 5.39. The van der Waals surface area contributed by atoms with Crippen molar-refractivity contribution in [1.82, 2.24) is 9.21 Å². The van der Waals surface area contributed by atoms with Gasteiger partial charge in [-0.05, 0) is 44.2 Å². The Morgan fingerprint density at radius 3 is 2.37 bits per heavy atom. The highest BCUT2D eigenvalue weighted by Gasteiger charge is 2.35. The Kier molecular flexibility index (Phi) is 6.26. The van der Waals surface area contributed by atoms with Crippen molar-refractivity contribution in [3.8, 4) is 11.5 Å². The largest absolute Gasteiger partial charge is 0.493 e. The Labute approximate surface area is 161 Å². The van der Waals surface area contributed by atoms with Gasteiger partial charge in [-0.25, -0.2) is 8.42 Å². The highest BCUT2D eigenvalue weighted by molar-refractivity contribution is 7.89. The Bertz CT molecular complexity index is 774. The zero-order valence-corrected chi connectivity index (χ0v) is 16.8. The summed E-state index contributed by atoms with van der Waals surface area (Å²) in [6.45, 7) is 2.25. The molecule has 0 N–H and O–H groups in total. The second kappa shape index (κ2) is 8.48. The zero-order chi connectivity index (χ0) is 19.4. The van der Waals surface area contributed by atoms with Crippen LogP contribution in [0, 0.1) is 5.92 Å². The van der Waals surface area contributed by atoms with E-state index in [0.717, 1.165) is 38.8 Å². The molecule has 0 radical (unpaired) electrons. The number of methoxy groups -OCH3 is 2. The van der Waals surface area contributed by atoms with Crippen molar-refractivity contribution in [2.75, 3.05) is 40.4 Å². The van der Waals surface area contributed by atoms with E-state index in [2.05, 4.69) is 0 Å². The Balaban J connectivity index is 1.77. The van der Waals surface area contributed by atoms with Crippen LogP contribution in [0.4, 0.5) is 0 Å². The van der Waals surface area contributed by atoms with Gasteiger partial charge in [0.25, 0.3) is 0 Å². The summed E-state index contributed by atoms with van der Waals surface area (Å²) >= 11 is 0. The molecule has 0 bridgehead atoms. The molecule has 8 heteroatoms. The monoisotopic (exact) mass is 396 g/mol. The van der Waals surface area contributed by atoms with E-state index in [-0.39, 0.29) is 23.3 Å². The van der Waals surface area contributed by atoms with Crippen LogP contribution >= 0.6 is 0 Å². The molecule has 27 heavy (non-hydrogen) atoms. The minimum absolute atomic E-state index is 0.0990. The molecule has 0 aromatic heterocycles. The molecule has 2 aliphatic rings. The number of amides is 1. The standard InChI is InChI=1S/C19H28N2O5S/c1-25-17-9-8-16(13-18(17)26-2)27(23,24)21-12-6-7-15(14-21)19(22)20-10-4-3-5-11-20/h8-9,13,15H,3-7,10-12,14H2,1-2H3/t15-/m0/s1. The molecule has 2 heterocycles. The van der Waals surface area contributed by atoms with Crippen LogP contribution in [0.5, 0.6) is 11.5 Å². The van der Waals surface area contributed by atoms with Crippen molar-refractivity contribution >= 4 is 15.9 Å². The van der Waals surface area contributed by atoms with Crippen molar-refractivity contribution < 1.29 is 22.7 Å². The summed E-state index contributed by atoms with van der Waals surface area (Å²) in [6.07, 6.45) is 4.66. The predicted octanol–water partition coefficient (Wildman–Crippen LogP) is 2.12. The van der Waals surface area contributed by atoms with Crippen LogP contribution in [0.25, 0.3) is 0 Å². The minimum atomic E-state index is -3.69. The van der Waals surface area contributed by atoms with Gasteiger partial charge in [0.05, 0.1) is 25.0 Å². The van der Waals surface area contributed by atoms with E-state index >= 15 is 0 Å². The van der Waals surface area contributed by atoms with E-state index in [1.165, 1.54) is 30.7 Å². The molecule has 7 nitrogen and oxygen atoms in total. The number of nitrogens with zero attached hydrogens (tertiary/aromatic N) is 2. The molecule has 1 aromatic rings. The highest BCUT2D eigenvalue weighted by atomic mass is 32.2. The van der Waals surface area contributed by atoms with Crippen LogP contribution in [0.2, 0.25) is 0 Å². The van der Waals surface area contributed by atoms with Gasteiger partial charge in [-0.15, -0.1) is 0 Å². The predicted molar refractivity (Wildman–Crippen MR) is 101 cm³/mol. The van der Waals surface area contributed by atoms with E-state index in [1.54, 1.807) is 6.07 Å². The Hall–Kier alpha value is -1.80. The summed E-state index contributed by atoms with van der Waals surface area (Å²) in [4.78, 5) is 14.9. The quantitative estimate of drug-likeness (QED) is 0.762. The van der Waals surface area contributed by atoms with Gasteiger partial charge in [0, 0.05) is 32.2 Å². The number of hydrogen-bond donors (Lipinski definition) is 0. The summed E-state index contributed by atoms with van der Waals surface area (Å²) in [5.41, 5.74) is 0. The smallest absolute Gasteiger partial charge is 0.243 e. The van der Waals surface area contributed by atoms with Gasteiger partial charge in [0.1, 0.15) is 0 Å². The van der Waals surface area contributed by atoms with Crippen LogP contribution in [0.3, 0.4) is 0 Å². The second-order valence-corrected chi connectivity index (χ2v) is 9.04. The fraction of sp³-hybridized carbons (Fsp3) is 0.632. The number of rotatable bonds is 5. The molecule has 150 valence electrons. The lowest BCUT2D eigenvalue weighted by molar-refractivity contribution is -0.137. The Morgan fingerprint density at radius 1 is 1.00 bits per heavy atom. The van der Waals surface area contributed by atoms with E-state index < -0.39 is 10.0 Å². The molecule has 1 atom stereocenters. The average Bonchev–Trinajstić information content (AvgIpc) is 2.73. The van der Waals surface area contributed by atoms with Gasteiger partial charge < -0.3 is 14.4 Å². The first-order chi connectivity index (χ1) is 13.0. The topological polar surface area (TPSA) is 76.2 Å². The molecule has 0 saturated carbocycles. The third-order valence-corrected chi connectivity index (χ3v) is 7.26. The maximum atomic E-state index is 13.1. The summed E-state index contributed by atoms with van der Waals surface area (Å²) in [5, 5.41) is 0. The molecule has 0 aliphatic carbocycles.